The number of aromatic carboxylic acids is 1. The van der Waals surface area contributed by atoms with Crippen LogP contribution >= 0.6 is 0 Å². The molecule has 0 heterocycles. The van der Waals surface area contributed by atoms with Crippen molar-refractivity contribution in [2.45, 2.75) is 26.7 Å². The molecule has 0 aliphatic rings. The summed E-state index contributed by atoms with van der Waals surface area (Å²) >= 11 is 0. The summed E-state index contributed by atoms with van der Waals surface area (Å²) in [5.74, 6) is -1.37. The van der Waals surface area contributed by atoms with Gasteiger partial charge in [0.05, 0.1) is 11.1 Å². The van der Waals surface area contributed by atoms with E-state index in [0.29, 0.717) is 17.7 Å². The number of nitrogens with one attached hydrogen (secondary N) is 1. The van der Waals surface area contributed by atoms with Gasteiger partial charge in [-0.3, -0.25) is 4.79 Å². The van der Waals surface area contributed by atoms with E-state index in [9.17, 15) is 14.7 Å². The van der Waals surface area contributed by atoms with Crippen molar-refractivity contribution in [1.29, 1.82) is 0 Å². The third kappa shape index (κ3) is 4.86. The van der Waals surface area contributed by atoms with E-state index in [1.807, 2.05) is 14.1 Å². The molecule has 0 spiro atoms. The Labute approximate surface area is 126 Å². The Morgan fingerprint density at radius 1 is 1.10 bits per heavy atom. The zero-order chi connectivity index (χ0) is 16.0. The van der Waals surface area contributed by atoms with Gasteiger partial charge < -0.3 is 15.3 Å². The Morgan fingerprint density at radius 2 is 1.67 bits per heavy atom. The number of hydrogen-bond donors (Lipinski definition) is 2. The lowest BCUT2D eigenvalue weighted by molar-refractivity contribution is 0.0690. The number of benzene rings is 1. The maximum Gasteiger partial charge on any atom is 0.336 e. The molecule has 5 heteroatoms. The van der Waals surface area contributed by atoms with Crippen LogP contribution in [-0.2, 0) is 0 Å². The number of hydrogen-bond acceptors (Lipinski definition) is 3. The molecule has 1 rings (SSSR count). The average molecular weight is 292 g/mol. The Bertz CT molecular complexity index is 524. The molecule has 1 aromatic carbocycles. The zero-order valence-electron chi connectivity index (χ0n) is 13.2. The van der Waals surface area contributed by atoms with Crippen LogP contribution in [0.5, 0.6) is 0 Å². The second kappa shape index (κ2) is 7.78. The van der Waals surface area contributed by atoms with E-state index in [1.54, 1.807) is 26.0 Å². The minimum atomic E-state index is -1.06. The molecule has 0 saturated carbocycles. The van der Waals surface area contributed by atoms with Crippen molar-refractivity contribution in [3.05, 3.63) is 34.4 Å². The van der Waals surface area contributed by atoms with Crippen molar-refractivity contribution < 1.29 is 14.7 Å². The van der Waals surface area contributed by atoms with Crippen LogP contribution in [0.1, 0.15) is 44.7 Å². The monoisotopic (exact) mass is 292 g/mol. The second-order valence-corrected chi connectivity index (χ2v) is 5.52. The normalized spacial score (nSPS) is 10.7. The third-order valence-electron chi connectivity index (χ3n) is 3.38. The van der Waals surface area contributed by atoms with Gasteiger partial charge in [0.1, 0.15) is 0 Å². The summed E-state index contributed by atoms with van der Waals surface area (Å²) in [5.41, 5.74) is 1.66. The summed E-state index contributed by atoms with van der Waals surface area (Å²) in [6.45, 7) is 4.99. The van der Waals surface area contributed by atoms with Crippen molar-refractivity contribution in [3.8, 4) is 0 Å². The highest BCUT2D eigenvalue weighted by molar-refractivity contribution is 6.06. The number of rotatable bonds is 7. The number of carbonyl (C=O) groups excluding carboxylic acids is 1. The molecule has 0 radical (unpaired) electrons. The first-order valence-corrected chi connectivity index (χ1v) is 7.11. The van der Waals surface area contributed by atoms with Gasteiger partial charge in [-0.05, 0) is 58.5 Å². The first-order chi connectivity index (χ1) is 9.84. The fraction of sp³-hybridized carbons (Fsp3) is 0.500. The Hall–Kier alpha value is -1.88. The number of nitrogens with zero attached hydrogens (tertiary/aromatic N) is 1. The van der Waals surface area contributed by atoms with Gasteiger partial charge >= 0.3 is 5.97 Å². The molecule has 0 fully saturated rings. The predicted octanol–water partition coefficient (Wildman–Crippen LogP) is 2.07. The molecule has 1 aromatic rings. The molecule has 0 saturated heterocycles. The highest BCUT2D eigenvalue weighted by Gasteiger charge is 2.20. The van der Waals surface area contributed by atoms with E-state index < -0.39 is 5.97 Å². The summed E-state index contributed by atoms with van der Waals surface area (Å²) in [6.07, 6.45) is 1.86. The van der Waals surface area contributed by atoms with E-state index in [1.165, 1.54) is 0 Å². The highest BCUT2D eigenvalue weighted by Crippen LogP contribution is 2.18. The van der Waals surface area contributed by atoms with Gasteiger partial charge in [0.25, 0.3) is 5.91 Å². The fourth-order valence-electron chi connectivity index (χ4n) is 2.22. The van der Waals surface area contributed by atoms with Crippen LogP contribution in [0.25, 0.3) is 0 Å². The molecule has 0 aromatic heterocycles. The lowest BCUT2D eigenvalue weighted by atomic mass is 9.96. The molecular formula is C16H24N2O3. The zero-order valence-corrected chi connectivity index (χ0v) is 13.2. The Morgan fingerprint density at radius 3 is 2.19 bits per heavy atom. The van der Waals surface area contributed by atoms with Crippen LogP contribution in [0, 0.1) is 13.8 Å². The molecular weight excluding hydrogens is 268 g/mol. The Balaban J connectivity index is 2.74. The van der Waals surface area contributed by atoms with Crippen LogP contribution in [0.4, 0.5) is 0 Å². The maximum absolute atomic E-state index is 12.3. The molecule has 116 valence electrons. The molecule has 5 nitrogen and oxygen atoms in total. The number of carboxylic acid groups (broad SMARTS) is 1. The van der Waals surface area contributed by atoms with E-state index in [0.717, 1.165) is 19.4 Å². The average Bonchev–Trinajstić information content (AvgIpc) is 2.39. The highest BCUT2D eigenvalue weighted by atomic mass is 16.4. The predicted molar refractivity (Wildman–Crippen MR) is 83.0 cm³/mol. The summed E-state index contributed by atoms with van der Waals surface area (Å²) in [6, 6.07) is 3.51. The number of carbonyl (C=O) groups is 2. The SMILES string of the molecule is Cc1ccc(C)c(C(=O)NCCCCN(C)C)c1C(=O)O. The quantitative estimate of drug-likeness (QED) is 0.755. The molecule has 0 unspecified atom stereocenters. The van der Waals surface area contributed by atoms with Crippen molar-refractivity contribution in [3.63, 3.8) is 0 Å². The second-order valence-electron chi connectivity index (χ2n) is 5.52. The lowest BCUT2D eigenvalue weighted by Crippen LogP contribution is -2.28. The van der Waals surface area contributed by atoms with Crippen molar-refractivity contribution in [1.82, 2.24) is 10.2 Å². The van der Waals surface area contributed by atoms with Gasteiger partial charge in [0.2, 0.25) is 0 Å². The smallest absolute Gasteiger partial charge is 0.336 e. The number of amides is 1. The van der Waals surface area contributed by atoms with E-state index in [2.05, 4.69) is 10.2 Å². The standard InChI is InChI=1S/C16H24N2O3/c1-11-7-8-12(2)14(16(20)21)13(11)15(19)17-9-5-6-10-18(3)4/h7-8H,5-6,9-10H2,1-4H3,(H,17,19)(H,20,21). The molecule has 0 atom stereocenters. The lowest BCUT2D eigenvalue weighted by Gasteiger charge is -2.13. The van der Waals surface area contributed by atoms with Crippen LogP contribution in [0.3, 0.4) is 0 Å². The summed E-state index contributed by atoms with van der Waals surface area (Å²) in [5, 5.41) is 12.1. The van der Waals surface area contributed by atoms with Crippen molar-refractivity contribution in [2.24, 2.45) is 0 Å². The molecule has 21 heavy (non-hydrogen) atoms. The van der Waals surface area contributed by atoms with Crippen LogP contribution < -0.4 is 5.32 Å². The summed E-state index contributed by atoms with van der Waals surface area (Å²) in [7, 11) is 4.02. The molecule has 0 bridgehead atoms. The first kappa shape index (κ1) is 17.2. The van der Waals surface area contributed by atoms with Crippen LogP contribution in [-0.4, -0.2) is 49.1 Å². The molecule has 0 aliphatic heterocycles. The van der Waals surface area contributed by atoms with Gasteiger partial charge in [-0.2, -0.15) is 0 Å². The van der Waals surface area contributed by atoms with Gasteiger partial charge in [-0.15, -0.1) is 0 Å². The van der Waals surface area contributed by atoms with Gasteiger partial charge in [-0.25, -0.2) is 4.79 Å². The van der Waals surface area contributed by atoms with E-state index >= 15 is 0 Å². The minimum absolute atomic E-state index is 0.0980. The van der Waals surface area contributed by atoms with E-state index in [4.69, 9.17) is 0 Å². The largest absolute Gasteiger partial charge is 0.478 e. The number of aryl methyl sites for hydroxylation is 2. The first-order valence-electron chi connectivity index (χ1n) is 7.11. The number of carboxylic acids is 1. The summed E-state index contributed by atoms with van der Waals surface area (Å²) in [4.78, 5) is 25.7. The van der Waals surface area contributed by atoms with Crippen LogP contribution in [0.2, 0.25) is 0 Å². The number of unbranched alkanes of at least 4 members (excludes halogenated alkanes) is 1. The molecule has 2 N–H and O–H groups in total. The Kier molecular flexibility index (Phi) is 6.37. The summed E-state index contributed by atoms with van der Waals surface area (Å²) < 4.78 is 0. The van der Waals surface area contributed by atoms with Gasteiger partial charge in [0.15, 0.2) is 0 Å². The van der Waals surface area contributed by atoms with Crippen molar-refractivity contribution in [2.75, 3.05) is 27.2 Å². The molecule has 1 amide bonds. The third-order valence-corrected chi connectivity index (χ3v) is 3.38. The van der Waals surface area contributed by atoms with Crippen molar-refractivity contribution >= 4 is 11.9 Å². The topological polar surface area (TPSA) is 69.6 Å². The van der Waals surface area contributed by atoms with Crippen LogP contribution in [0.15, 0.2) is 12.1 Å². The van der Waals surface area contributed by atoms with Gasteiger partial charge in [-0.1, -0.05) is 12.1 Å². The minimum Gasteiger partial charge on any atom is -0.478 e. The van der Waals surface area contributed by atoms with Gasteiger partial charge in [0, 0.05) is 6.54 Å². The fourth-order valence-corrected chi connectivity index (χ4v) is 2.22. The van der Waals surface area contributed by atoms with E-state index in [-0.39, 0.29) is 17.0 Å². The maximum atomic E-state index is 12.3. The molecule has 0 aliphatic carbocycles.